The van der Waals surface area contributed by atoms with E-state index in [1.807, 2.05) is 12.2 Å². The molecular weight excluding hydrogens is 799 g/mol. The molecule has 0 aromatic heterocycles. The molecule has 0 spiro atoms. The van der Waals surface area contributed by atoms with E-state index in [2.05, 4.69) is 213 Å². The molecule has 0 radical (unpaired) electrons. The Kier molecular flexibility index (Phi) is 15.3. The van der Waals surface area contributed by atoms with Gasteiger partial charge in [-0.1, -0.05) is 72.8 Å². The van der Waals surface area contributed by atoms with E-state index in [0.717, 1.165) is 18.3 Å². The molecule has 6 aliphatic carbocycles. The Balaban J connectivity index is 0.000000167. The molecule has 4 aromatic carbocycles. The van der Waals surface area contributed by atoms with Crippen LogP contribution in [0.2, 0.25) is 0 Å². The van der Waals surface area contributed by atoms with Crippen molar-refractivity contribution in [3.05, 3.63) is 247 Å². The van der Waals surface area contributed by atoms with Crippen molar-refractivity contribution in [3.63, 3.8) is 0 Å². The zero-order valence-electron chi connectivity index (χ0n) is 31.5. The first kappa shape index (κ1) is 41.8. The van der Waals surface area contributed by atoms with Gasteiger partial charge in [-0.15, -0.1) is 18.4 Å². The Morgan fingerprint density at radius 3 is 1.29 bits per heavy atom. The minimum absolute atomic E-state index is 0. The van der Waals surface area contributed by atoms with E-state index in [9.17, 15) is 0 Å². The van der Waals surface area contributed by atoms with Crippen LogP contribution in [0.1, 0.15) is 40.5 Å². The van der Waals surface area contributed by atoms with E-state index in [4.69, 9.17) is 0 Å². The molecule has 56 heavy (non-hydrogen) atoms. The van der Waals surface area contributed by atoms with Crippen molar-refractivity contribution in [2.24, 2.45) is 47.3 Å². The number of rotatable bonds is 6. The standard InChI is InChI=1S/C27H22.C21H21.C5H5.2ClH.Zr/c1-5-13-22(14-6-1)26(23-15-7-2-8-16-23)21-27(24-17-9-3-10-18-24)25-19-11-4-12-20-25;1-2-8-15-14(7-1)13-20-18-11-4-3-9-16(18)17-10-5-6-12-19(17)21(15)20;1-2-4-5-3-1;;;/h1-20,26-27H;1-21H;1-3H,4H2;2*1H;/q;2*-1;;;+2/p-2. The Labute approximate surface area is 362 Å². The zero-order chi connectivity index (χ0) is 36.5. The van der Waals surface area contributed by atoms with Gasteiger partial charge in [0.05, 0.1) is 0 Å². The summed E-state index contributed by atoms with van der Waals surface area (Å²) >= 11 is 1.47. The minimum atomic E-state index is 0. The summed E-state index contributed by atoms with van der Waals surface area (Å²) in [6.07, 6.45) is 41.0. The quantitative estimate of drug-likeness (QED) is 0.203. The van der Waals surface area contributed by atoms with Gasteiger partial charge in [0, 0.05) is 0 Å². The Hall–Kier alpha value is -3.87. The van der Waals surface area contributed by atoms with E-state index in [0.29, 0.717) is 35.5 Å². The summed E-state index contributed by atoms with van der Waals surface area (Å²) in [6.45, 7) is 0. The van der Waals surface area contributed by atoms with Gasteiger partial charge in [-0.2, -0.15) is 12.0 Å². The molecule has 0 bridgehead atoms. The Morgan fingerprint density at radius 2 is 0.875 bits per heavy atom. The van der Waals surface area contributed by atoms with Crippen LogP contribution in [0, 0.1) is 59.8 Å². The summed E-state index contributed by atoms with van der Waals surface area (Å²) in [5.74, 6) is 6.23. The molecule has 0 N–H and O–H groups in total. The summed E-state index contributed by atoms with van der Waals surface area (Å²) in [5.41, 5.74) is 5.43. The van der Waals surface area contributed by atoms with Crippen LogP contribution in [-0.4, -0.2) is 3.21 Å². The van der Waals surface area contributed by atoms with Crippen LogP contribution in [0.15, 0.2) is 212 Å². The molecule has 4 aromatic rings. The Morgan fingerprint density at radius 1 is 0.482 bits per heavy atom. The number of hydrogen-bond donors (Lipinski definition) is 0. The van der Waals surface area contributed by atoms with E-state index in [1.54, 1.807) is 0 Å². The second-order valence-corrected chi connectivity index (χ2v) is 16.5. The van der Waals surface area contributed by atoms with Gasteiger partial charge in [0.1, 0.15) is 0 Å². The summed E-state index contributed by atoms with van der Waals surface area (Å²) in [5, 5.41) is 0. The number of fused-ring (bicyclic) bond motifs is 8. The molecule has 2 fully saturated rings. The van der Waals surface area contributed by atoms with Crippen LogP contribution in [0.3, 0.4) is 0 Å². The number of allylic oxidation sites excluding steroid dienone is 16. The van der Waals surface area contributed by atoms with Crippen LogP contribution in [0.5, 0.6) is 0 Å². The average molecular weight is 847 g/mol. The predicted molar refractivity (Wildman–Crippen MR) is 223 cm³/mol. The second-order valence-electron chi connectivity index (χ2n) is 15.1. The molecule has 0 saturated heterocycles. The van der Waals surface area contributed by atoms with Gasteiger partial charge in [-0.3, -0.25) is 6.08 Å². The van der Waals surface area contributed by atoms with E-state index >= 15 is 0 Å². The van der Waals surface area contributed by atoms with Crippen LogP contribution in [-0.2, 0) is 24.2 Å². The van der Waals surface area contributed by atoms with E-state index in [-0.39, 0.29) is 36.6 Å². The fourth-order valence-corrected chi connectivity index (χ4v) is 11.4. The van der Waals surface area contributed by atoms with Gasteiger partial charge >= 0.3 is 183 Å². The van der Waals surface area contributed by atoms with Crippen molar-refractivity contribution in [2.45, 2.75) is 18.3 Å². The molecule has 0 aliphatic heterocycles. The molecule has 280 valence electrons. The summed E-state index contributed by atoms with van der Waals surface area (Å²) in [6, 6.07) is 43.6. The van der Waals surface area contributed by atoms with Crippen molar-refractivity contribution < 1.29 is 49.0 Å². The fraction of sp³-hybridized carbons (Fsp3) is 0.208. The summed E-state index contributed by atoms with van der Waals surface area (Å²) in [4.78, 5) is 0. The van der Waals surface area contributed by atoms with Crippen LogP contribution in [0.4, 0.5) is 0 Å². The molecule has 3 heteroatoms. The van der Waals surface area contributed by atoms with E-state index < -0.39 is 0 Å². The van der Waals surface area contributed by atoms with Crippen molar-refractivity contribution in [3.8, 4) is 0 Å². The fourth-order valence-electron chi connectivity index (χ4n) is 9.77. The Bertz CT molecular complexity index is 1920. The van der Waals surface area contributed by atoms with Gasteiger partial charge in [0.25, 0.3) is 0 Å². The van der Waals surface area contributed by atoms with Crippen LogP contribution < -0.4 is 24.8 Å². The van der Waals surface area contributed by atoms with Crippen molar-refractivity contribution in [1.29, 1.82) is 0 Å². The van der Waals surface area contributed by atoms with Crippen molar-refractivity contribution in [2.75, 3.05) is 0 Å². The number of halogens is 2. The van der Waals surface area contributed by atoms with Gasteiger partial charge in [-0.25, -0.2) is 12.2 Å². The molecule has 0 amide bonds. The van der Waals surface area contributed by atoms with Crippen LogP contribution in [0.25, 0.3) is 0 Å². The average Bonchev–Trinajstić information content (AvgIpc) is 3.96. The summed E-state index contributed by atoms with van der Waals surface area (Å²) in [7, 11) is 0. The van der Waals surface area contributed by atoms with Gasteiger partial charge in [0.2, 0.25) is 0 Å². The molecular formula is C53H48Cl2Zr-2. The molecule has 8 unspecified atom stereocenters. The topological polar surface area (TPSA) is 0 Å². The SMILES string of the molecule is C1=CC2[CH-]C3C4C=CC=CC4C4C=CC=CC4C3C2C=C1.[C-]1=CC=CC1.[Cl-].[Cl-].[Zr+2]=[C](C(c1ccccc1)c1ccccc1)C(c1ccccc1)c1ccccc1. The molecule has 6 aliphatic rings. The summed E-state index contributed by atoms with van der Waals surface area (Å²) < 4.78 is 1.53. The maximum absolute atomic E-state index is 2.99. The zero-order valence-corrected chi connectivity index (χ0v) is 35.5. The molecule has 0 nitrogen and oxygen atoms in total. The van der Waals surface area contributed by atoms with Gasteiger partial charge in [-0.05, 0) is 29.6 Å². The van der Waals surface area contributed by atoms with Gasteiger partial charge in [0.15, 0.2) is 0 Å². The normalized spacial score (nSPS) is 26.4. The second kappa shape index (κ2) is 20.5. The van der Waals surface area contributed by atoms with Crippen LogP contribution >= 0.6 is 0 Å². The third kappa shape index (κ3) is 9.29. The maximum atomic E-state index is 2.99. The monoisotopic (exact) mass is 844 g/mol. The third-order valence-electron chi connectivity index (χ3n) is 12.1. The number of benzene rings is 4. The predicted octanol–water partition coefficient (Wildman–Crippen LogP) is 6.21. The van der Waals surface area contributed by atoms with Crippen molar-refractivity contribution in [1.82, 2.24) is 0 Å². The number of hydrogen-bond acceptors (Lipinski definition) is 0. The third-order valence-corrected chi connectivity index (χ3v) is 13.5. The molecule has 0 heterocycles. The van der Waals surface area contributed by atoms with Gasteiger partial charge < -0.3 is 31.2 Å². The molecule has 8 atom stereocenters. The first-order chi connectivity index (χ1) is 26.8. The van der Waals surface area contributed by atoms with E-state index in [1.165, 1.54) is 49.7 Å². The first-order valence-corrected chi connectivity index (χ1v) is 20.9. The first-order valence-electron chi connectivity index (χ1n) is 19.7. The molecule has 2 saturated carbocycles. The molecule has 10 rings (SSSR count). The van der Waals surface area contributed by atoms with Crippen molar-refractivity contribution >= 4 is 3.21 Å².